The van der Waals surface area contributed by atoms with Crippen LogP contribution in [0.15, 0.2) is 200 Å². The van der Waals surface area contributed by atoms with Crippen LogP contribution < -0.4 is 0 Å². The standard InChI is InChI=1S/C60H42F3N5/c1-37-30-38(2)56(39(3)31-37)44-28-29-47-46-26-16-17-27-54(46)68(55(47)32-44)57-48(53-36-52(42-22-12-6-13-23-42)64-58(67-53)43-24-14-7-15-25-43)33-45(60(61,62)63)34-49(57)59-65-50(40-18-8-4-9-19-40)35-51(66-59)41-20-10-5-11-21-41/h4-36H,1-3H3. The van der Waals surface area contributed by atoms with Crippen molar-refractivity contribution in [3.8, 4) is 84.6 Å². The lowest BCUT2D eigenvalue weighted by Crippen LogP contribution is -2.11. The number of para-hydroxylation sites is 1. The Morgan fingerprint density at radius 1 is 0.382 bits per heavy atom. The van der Waals surface area contributed by atoms with Crippen molar-refractivity contribution >= 4 is 21.8 Å². The molecule has 0 saturated carbocycles. The van der Waals surface area contributed by atoms with Crippen molar-refractivity contribution in [2.75, 3.05) is 0 Å². The zero-order chi connectivity index (χ0) is 46.5. The van der Waals surface area contributed by atoms with E-state index in [4.69, 9.17) is 19.9 Å². The smallest absolute Gasteiger partial charge is 0.308 e. The SMILES string of the molecule is Cc1cc(C)c(-c2ccc3c4ccccc4n(-c4c(-c5cc(-c6ccccc6)nc(-c6ccccc6)n5)cc(C(F)(F)F)cc4-c4nc(-c5ccccc5)cc(-c5ccccc5)n4)c3c2)c(C)c1. The van der Waals surface area contributed by atoms with Crippen molar-refractivity contribution in [1.82, 2.24) is 24.5 Å². The van der Waals surface area contributed by atoms with Crippen LogP contribution in [0.4, 0.5) is 13.2 Å². The quantitative estimate of drug-likeness (QED) is 0.152. The third-order valence-electron chi connectivity index (χ3n) is 12.5. The van der Waals surface area contributed by atoms with Gasteiger partial charge in [-0.1, -0.05) is 169 Å². The number of rotatable bonds is 8. The first-order chi connectivity index (χ1) is 33.1. The predicted octanol–water partition coefficient (Wildman–Crippen LogP) is 16.0. The minimum atomic E-state index is -4.77. The molecule has 0 N–H and O–H groups in total. The molecule has 11 rings (SSSR count). The first-order valence-electron chi connectivity index (χ1n) is 22.4. The Hall–Kier alpha value is -8.49. The molecule has 0 aliphatic carbocycles. The third-order valence-corrected chi connectivity index (χ3v) is 12.5. The Morgan fingerprint density at radius 3 is 1.40 bits per heavy atom. The van der Waals surface area contributed by atoms with Gasteiger partial charge < -0.3 is 4.57 Å². The molecule has 68 heavy (non-hydrogen) atoms. The summed E-state index contributed by atoms with van der Waals surface area (Å²) in [6.45, 7) is 6.33. The molecule has 11 aromatic rings. The van der Waals surface area contributed by atoms with Gasteiger partial charge in [-0.05, 0) is 79.4 Å². The fourth-order valence-electron chi connectivity index (χ4n) is 9.55. The number of aromatic nitrogens is 5. The van der Waals surface area contributed by atoms with Crippen molar-refractivity contribution in [3.05, 3.63) is 222 Å². The highest BCUT2D eigenvalue weighted by Gasteiger charge is 2.35. The van der Waals surface area contributed by atoms with E-state index < -0.39 is 11.7 Å². The van der Waals surface area contributed by atoms with Crippen LogP contribution in [0.3, 0.4) is 0 Å². The van der Waals surface area contributed by atoms with Crippen LogP contribution in [0.5, 0.6) is 0 Å². The average Bonchev–Trinajstić information content (AvgIpc) is 3.69. The molecule has 0 fully saturated rings. The Bertz CT molecular complexity index is 3390. The third kappa shape index (κ3) is 7.79. The summed E-state index contributed by atoms with van der Waals surface area (Å²) in [7, 11) is 0. The van der Waals surface area contributed by atoms with E-state index in [1.165, 1.54) is 17.7 Å². The topological polar surface area (TPSA) is 56.5 Å². The van der Waals surface area contributed by atoms with Crippen molar-refractivity contribution in [3.63, 3.8) is 0 Å². The first-order valence-corrected chi connectivity index (χ1v) is 22.4. The van der Waals surface area contributed by atoms with Crippen LogP contribution in [0.25, 0.3) is 106 Å². The Morgan fingerprint density at radius 2 is 0.838 bits per heavy atom. The van der Waals surface area contributed by atoms with Gasteiger partial charge in [-0.2, -0.15) is 13.2 Å². The maximum atomic E-state index is 15.8. The van der Waals surface area contributed by atoms with Gasteiger partial charge >= 0.3 is 6.18 Å². The average molecular weight is 890 g/mol. The molecule has 8 heteroatoms. The van der Waals surface area contributed by atoms with Gasteiger partial charge in [-0.15, -0.1) is 0 Å². The highest BCUT2D eigenvalue weighted by molar-refractivity contribution is 6.11. The van der Waals surface area contributed by atoms with Crippen LogP contribution in [-0.4, -0.2) is 24.5 Å². The van der Waals surface area contributed by atoms with Gasteiger partial charge in [0.2, 0.25) is 0 Å². The zero-order valence-corrected chi connectivity index (χ0v) is 37.4. The molecule has 0 radical (unpaired) electrons. The van der Waals surface area contributed by atoms with Gasteiger partial charge in [0.1, 0.15) is 0 Å². The maximum absolute atomic E-state index is 15.8. The Labute approximate surface area is 392 Å². The highest BCUT2D eigenvalue weighted by Crippen LogP contribution is 2.46. The molecule has 0 spiro atoms. The maximum Gasteiger partial charge on any atom is 0.416 e. The molecule has 0 aliphatic rings. The summed E-state index contributed by atoms with van der Waals surface area (Å²) in [6, 6.07) is 63.4. The second kappa shape index (κ2) is 17.1. The lowest BCUT2D eigenvalue weighted by Gasteiger charge is -2.22. The van der Waals surface area contributed by atoms with Crippen LogP contribution in [-0.2, 0) is 6.18 Å². The summed E-state index contributed by atoms with van der Waals surface area (Å²) in [5.74, 6) is 0.496. The van der Waals surface area contributed by atoms with Gasteiger partial charge in [-0.3, -0.25) is 0 Å². The van der Waals surface area contributed by atoms with E-state index >= 15 is 13.2 Å². The fraction of sp³-hybridized carbons (Fsp3) is 0.0667. The molecular weight excluding hydrogens is 848 g/mol. The molecule has 0 unspecified atom stereocenters. The lowest BCUT2D eigenvalue weighted by atomic mass is 9.93. The molecule has 8 aromatic carbocycles. The minimum Gasteiger partial charge on any atom is -0.308 e. The summed E-state index contributed by atoms with van der Waals surface area (Å²) in [5, 5.41) is 1.87. The highest BCUT2D eigenvalue weighted by atomic mass is 19.4. The Kier molecular flexibility index (Phi) is 10.6. The van der Waals surface area contributed by atoms with E-state index in [1.807, 2.05) is 146 Å². The molecular formula is C60H42F3N5. The molecule has 328 valence electrons. The molecule has 0 saturated heterocycles. The number of nitrogens with zero attached hydrogens (tertiary/aromatic N) is 5. The van der Waals surface area contributed by atoms with Crippen LogP contribution in [0.2, 0.25) is 0 Å². The molecule has 0 amide bonds. The van der Waals surface area contributed by atoms with Crippen LogP contribution >= 0.6 is 0 Å². The van der Waals surface area contributed by atoms with E-state index in [0.717, 1.165) is 66.3 Å². The summed E-state index contributed by atoms with van der Waals surface area (Å²) >= 11 is 0. The fourth-order valence-corrected chi connectivity index (χ4v) is 9.55. The van der Waals surface area contributed by atoms with Gasteiger partial charge in [-0.25, -0.2) is 19.9 Å². The van der Waals surface area contributed by atoms with Gasteiger partial charge in [0.05, 0.1) is 45.1 Å². The van der Waals surface area contributed by atoms with Gasteiger partial charge in [0.15, 0.2) is 11.6 Å². The Balaban J connectivity index is 1.32. The van der Waals surface area contributed by atoms with Crippen molar-refractivity contribution in [2.45, 2.75) is 26.9 Å². The minimum absolute atomic E-state index is 0.125. The number of halogens is 3. The van der Waals surface area contributed by atoms with E-state index in [-0.39, 0.29) is 17.0 Å². The molecule has 0 bridgehead atoms. The van der Waals surface area contributed by atoms with E-state index in [9.17, 15) is 0 Å². The number of aryl methyl sites for hydroxylation is 3. The number of alkyl halides is 3. The van der Waals surface area contributed by atoms with Gasteiger partial charge in [0, 0.05) is 44.2 Å². The van der Waals surface area contributed by atoms with E-state index in [0.29, 0.717) is 34.3 Å². The summed E-state index contributed by atoms with van der Waals surface area (Å²) in [6.07, 6.45) is -4.77. The number of hydrogen-bond acceptors (Lipinski definition) is 4. The van der Waals surface area contributed by atoms with Crippen molar-refractivity contribution in [2.24, 2.45) is 0 Å². The van der Waals surface area contributed by atoms with Crippen molar-refractivity contribution < 1.29 is 13.2 Å². The monoisotopic (exact) mass is 889 g/mol. The lowest BCUT2D eigenvalue weighted by molar-refractivity contribution is -0.137. The normalized spacial score (nSPS) is 11.7. The van der Waals surface area contributed by atoms with Crippen molar-refractivity contribution in [1.29, 1.82) is 0 Å². The number of hydrogen-bond donors (Lipinski definition) is 0. The number of benzene rings is 8. The number of fused-ring (bicyclic) bond motifs is 3. The van der Waals surface area contributed by atoms with Crippen LogP contribution in [0.1, 0.15) is 22.3 Å². The molecule has 3 aromatic heterocycles. The van der Waals surface area contributed by atoms with Crippen LogP contribution in [0, 0.1) is 20.8 Å². The zero-order valence-electron chi connectivity index (χ0n) is 37.4. The molecule has 0 aliphatic heterocycles. The van der Waals surface area contributed by atoms with E-state index in [1.54, 1.807) is 6.07 Å². The predicted molar refractivity (Wildman–Crippen MR) is 269 cm³/mol. The molecule has 0 atom stereocenters. The first kappa shape index (κ1) is 42.2. The second-order valence-corrected chi connectivity index (χ2v) is 17.2. The van der Waals surface area contributed by atoms with Gasteiger partial charge in [0.25, 0.3) is 0 Å². The second-order valence-electron chi connectivity index (χ2n) is 17.2. The largest absolute Gasteiger partial charge is 0.416 e. The summed E-state index contributed by atoms with van der Waals surface area (Å²) in [4.78, 5) is 20.6. The summed E-state index contributed by atoms with van der Waals surface area (Å²) in [5.41, 5.74) is 12.2. The van der Waals surface area contributed by atoms with E-state index in [2.05, 4.69) is 61.7 Å². The molecule has 5 nitrogen and oxygen atoms in total. The molecule has 3 heterocycles. The summed E-state index contributed by atoms with van der Waals surface area (Å²) < 4.78 is 49.5.